The van der Waals surface area contributed by atoms with E-state index in [4.69, 9.17) is 18.6 Å². The maximum absolute atomic E-state index is 13.0. The van der Waals surface area contributed by atoms with E-state index in [1.54, 1.807) is 36.4 Å². The van der Waals surface area contributed by atoms with E-state index in [2.05, 4.69) is 0 Å². The minimum Gasteiger partial charge on any atom is -0.546 e. The summed E-state index contributed by atoms with van der Waals surface area (Å²) >= 11 is 0. The molecule has 2 aromatic carbocycles. The first-order chi connectivity index (χ1) is 13.3. The summed E-state index contributed by atoms with van der Waals surface area (Å²) in [6.45, 7) is 3.16. The molecule has 1 aromatic heterocycles. The standard InChI is InChI=1S/C21H20O7/c1-11-5-7-14-16(9-11)28-19(20(18(14)22)27-12(2)21(23)24)13-6-8-15(25-3)17(10-13)26-4/h5-10,12H,1-4H3,(H,23,24)/p-1/t12-/m1/s1. The number of hydrogen-bond acceptors (Lipinski definition) is 7. The molecule has 1 heterocycles. The Morgan fingerprint density at radius 2 is 1.79 bits per heavy atom. The zero-order valence-corrected chi connectivity index (χ0v) is 15.9. The van der Waals surface area contributed by atoms with Crippen molar-refractivity contribution in [1.29, 1.82) is 0 Å². The molecule has 0 unspecified atom stereocenters. The van der Waals surface area contributed by atoms with Crippen LogP contribution in [0.1, 0.15) is 12.5 Å². The third kappa shape index (κ3) is 3.51. The number of hydrogen-bond donors (Lipinski definition) is 0. The molecule has 7 nitrogen and oxygen atoms in total. The Bertz CT molecular complexity index is 1100. The second-order valence-electron chi connectivity index (χ2n) is 6.24. The van der Waals surface area contributed by atoms with Gasteiger partial charge < -0.3 is 28.5 Å². The second kappa shape index (κ2) is 7.64. The van der Waals surface area contributed by atoms with Crippen LogP contribution in [0.3, 0.4) is 0 Å². The van der Waals surface area contributed by atoms with Gasteiger partial charge in [0, 0.05) is 5.56 Å². The molecule has 0 fully saturated rings. The summed E-state index contributed by atoms with van der Waals surface area (Å²) < 4.78 is 21.9. The summed E-state index contributed by atoms with van der Waals surface area (Å²) in [4.78, 5) is 24.2. The van der Waals surface area contributed by atoms with Gasteiger partial charge in [0.05, 0.1) is 25.6 Å². The summed E-state index contributed by atoms with van der Waals surface area (Å²) in [7, 11) is 2.99. The number of ether oxygens (including phenoxy) is 3. The highest BCUT2D eigenvalue weighted by Gasteiger charge is 2.21. The minimum atomic E-state index is -1.44. The first-order valence-electron chi connectivity index (χ1n) is 8.53. The molecule has 7 heteroatoms. The van der Waals surface area contributed by atoms with E-state index >= 15 is 0 Å². The van der Waals surface area contributed by atoms with Crippen molar-refractivity contribution >= 4 is 16.9 Å². The molecule has 0 N–H and O–H groups in total. The highest BCUT2D eigenvalue weighted by molar-refractivity contribution is 5.83. The average molecular weight is 383 g/mol. The van der Waals surface area contributed by atoms with Crippen LogP contribution in [0, 0.1) is 6.92 Å². The lowest BCUT2D eigenvalue weighted by atomic mass is 10.1. The van der Waals surface area contributed by atoms with Crippen LogP contribution in [-0.4, -0.2) is 26.3 Å². The van der Waals surface area contributed by atoms with Crippen molar-refractivity contribution < 1.29 is 28.5 Å². The highest BCUT2D eigenvalue weighted by atomic mass is 16.5. The number of aliphatic carboxylic acids is 1. The molecule has 0 aliphatic heterocycles. The number of carboxylic acid groups (broad SMARTS) is 1. The first-order valence-corrected chi connectivity index (χ1v) is 8.53. The van der Waals surface area contributed by atoms with Crippen LogP contribution in [0.4, 0.5) is 0 Å². The molecule has 0 bridgehead atoms. The third-order valence-electron chi connectivity index (χ3n) is 4.28. The Labute approximate surface area is 161 Å². The zero-order chi connectivity index (χ0) is 20.4. The Balaban J connectivity index is 2.30. The predicted molar refractivity (Wildman–Crippen MR) is 101 cm³/mol. The molecule has 0 saturated carbocycles. The van der Waals surface area contributed by atoms with E-state index in [0.29, 0.717) is 22.6 Å². The van der Waals surface area contributed by atoms with Gasteiger partial charge in [0.15, 0.2) is 17.3 Å². The number of fused-ring (bicyclic) bond motifs is 1. The SMILES string of the molecule is COc1ccc(-c2oc3cc(C)ccc3c(=O)c2O[C@H](C)C(=O)[O-])cc1OC. The molecule has 0 saturated heterocycles. The molecule has 0 spiro atoms. The van der Waals surface area contributed by atoms with Crippen LogP contribution in [0.15, 0.2) is 45.6 Å². The number of carbonyl (C=O) groups is 1. The van der Waals surface area contributed by atoms with Crippen molar-refractivity contribution in [3.8, 4) is 28.6 Å². The lowest BCUT2D eigenvalue weighted by Crippen LogP contribution is -2.38. The maximum Gasteiger partial charge on any atom is 0.235 e. The summed E-state index contributed by atoms with van der Waals surface area (Å²) in [6.07, 6.45) is -1.34. The van der Waals surface area contributed by atoms with E-state index in [1.807, 2.05) is 6.92 Å². The Morgan fingerprint density at radius 3 is 2.43 bits per heavy atom. The molecular weight excluding hydrogens is 364 g/mol. The van der Waals surface area contributed by atoms with Crippen LogP contribution in [0.5, 0.6) is 17.2 Å². The van der Waals surface area contributed by atoms with Gasteiger partial charge in [-0.2, -0.15) is 0 Å². The topological polar surface area (TPSA) is 98.0 Å². The van der Waals surface area contributed by atoms with Crippen molar-refractivity contribution in [3.63, 3.8) is 0 Å². The van der Waals surface area contributed by atoms with Crippen LogP contribution < -0.4 is 24.7 Å². The molecule has 0 radical (unpaired) electrons. The normalized spacial score (nSPS) is 11.9. The van der Waals surface area contributed by atoms with Crippen molar-refractivity contribution in [3.05, 3.63) is 52.2 Å². The van der Waals surface area contributed by atoms with Gasteiger partial charge in [0.25, 0.3) is 0 Å². The fourth-order valence-electron chi connectivity index (χ4n) is 2.78. The molecule has 0 amide bonds. The van der Waals surface area contributed by atoms with E-state index in [0.717, 1.165) is 5.56 Å². The largest absolute Gasteiger partial charge is 0.546 e. The number of rotatable bonds is 6. The van der Waals surface area contributed by atoms with Crippen molar-refractivity contribution in [2.75, 3.05) is 14.2 Å². The Kier molecular flexibility index (Phi) is 5.26. The molecule has 0 aliphatic rings. The number of methoxy groups -OCH3 is 2. The predicted octanol–water partition coefficient (Wildman–Crippen LogP) is 2.30. The lowest BCUT2D eigenvalue weighted by molar-refractivity contribution is -0.312. The summed E-state index contributed by atoms with van der Waals surface area (Å²) in [5.41, 5.74) is 1.27. The van der Waals surface area contributed by atoms with Gasteiger partial charge in [-0.1, -0.05) is 6.07 Å². The molecule has 1 atom stereocenters. The van der Waals surface area contributed by atoms with E-state index in [9.17, 15) is 14.7 Å². The number of carboxylic acids is 1. The lowest BCUT2D eigenvalue weighted by Gasteiger charge is -2.18. The molecule has 146 valence electrons. The third-order valence-corrected chi connectivity index (χ3v) is 4.28. The van der Waals surface area contributed by atoms with Crippen molar-refractivity contribution in [2.24, 2.45) is 0 Å². The summed E-state index contributed by atoms with van der Waals surface area (Å²) in [6, 6.07) is 10.0. The molecule has 28 heavy (non-hydrogen) atoms. The number of carbonyl (C=O) groups excluding carboxylic acids is 1. The quantitative estimate of drug-likeness (QED) is 0.644. The van der Waals surface area contributed by atoms with Gasteiger partial charge in [0.1, 0.15) is 11.7 Å². The van der Waals surface area contributed by atoms with Crippen LogP contribution in [0.2, 0.25) is 0 Å². The zero-order valence-electron chi connectivity index (χ0n) is 15.9. The van der Waals surface area contributed by atoms with Crippen LogP contribution in [0.25, 0.3) is 22.3 Å². The second-order valence-corrected chi connectivity index (χ2v) is 6.24. The van der Waals surface area contributed by atoms with E-state index in [1.165, 1.54) is 21.1 Å². The van der Waals surface area contributed by atoms with E-state index < -0.39 is 17.5 Å². The average Bonchev–Trinajstić information content (AvgIpc) is 2.68. The first kappa shape index (κ1) is 19.3. The van der Waals surface area contributed by atoms with Crippen LogP contribution in [-0.2, 0) is 4.79 Å². The van der Waals surface area contributed by atoms with Gasteiger partial charge in [-0.3, -0.25) is 4.79 Å². The highest BCUT2D eigenvalue weighted by Crippen LogP contribution is 2.37. The van der Waals surface area contributed by atoms with Gasteiger partial charge in [-0.25, -0.2) is 0 Å². The fraction of sp³-hybridized carbons (Fsp3) is 0.238. The van der Waals surface area contributed by atoms with Gasteiger partial charge in [-0.15, -0.1) is 0 Å². The van der Waals surface area contributed by atoms with Crippen molar-refractivity contribution in [1.82, 2.24) is 0 Å². The Morgan fingerprint density at radius 1 is 1.07 bits per heavy atom. The maximum atomic E-state index is 13.0. The number of benzene rings is 2. The number of aryl methyl sites for hydroxylation is 1. The minimum absolute atomic E-state index is 0.0946. The molecule has 3 aromatic rings. The monoisotopic (exact) mass is 383 g/mol. The van der Waals surface area contributed by atoms with Crippen LogP contribution >= 0.6 is 0 Å². The smallest absolute Gasteiger partial charge is 0.235 e. The Hall–Kier alpha value is -3.48. The van der Waals surface area contributed by atoms with Gasteiger partial charge in [0.2, 0.25) is 11.2 Å². The van der Waals surface area contributed by atoms with Gasteiger partial charge in [-0.05, 0) is 49.7 Å². The molecule has 3 rings (SSSR count). The summed E-state index contributed by atoms with van der Waals surface area (Å²) in [5, 5.41) is 11.4. The summed E-state index contributed by atoms with van der Waals surface area (Å²) in [5.74, 6) is -0.638. The fourth-order valence-corrected chi connectivity index (χ4v) is 2.78. The van der Waals surface area contributed by atoms with Crippen molar-refractivity contribution in [2.45, 2.75) is 20.0 Å². The molecule has 0 aliphatic carbocycles. The molecular formula is C21H19O7-. The van der Waals surface area contributed by atoms with Gasteiger partial charge >= 0.3 is 0 Å². The van der Waals surface area contributed by atoms with E-state index in [-0.39, 0.29) is 16.9 Å².